The lowest BCUT2D eigenvalue weighted by Gasteiger charge is -2.35. The van der Waals surface area contributed by atoms with E-state index in [0.29, 0.717) is 36.5 Å². The Labute approximate surface area is 248 Å². The van der Waals surface area contributed by atoms with Gasteiger partial charge in [0.25, 0.3) is 5.91 Å². The SMILES string of the molecule is CC(=O)N1CCN(c2ccc(-c3ccc4c(c3)C(=O)N([C@@H](c3cc5ccccc5[nH]3)c3cc(F)ccc3O)C4)cc2)CC1. The molecule has 5 aromatic rings. The zero-order valence-electron chi connectivity index (χ0n) is 23.8. The van der Waals surface area contributed by atoms with Gasteiger partial charge in [0, 0.05) is 67.7 Å². The van der Waals surface area contributed by atoms with Crippen molar-refractivity contribution < 1.29 is 19.1 Å². The third-order valence-corrected chi connectivity index (χ3v) is 8.67. The van der Waals surface area contributed by atoms with Crippen LogP contribution in [0, 0.1) is 5.82 Å². The molecule has 2 aliphatic heterocycles. The Balaban J connectivity index is 1.18. The van der Waals surface area contributed by atoms with Gasteiger partial charge in [0.2, 0.25) is 5.91 Å². The third kappa shape index (κ3) is 4.88. The van der Waals surface area contributed by atoms with Crippen molar-refractivity contribution in [2.75, 3.05) is 31.1 Å². The molecule has 0 spiro atoms. The summed E-state index contributed by atoms with van der Waals surface area (Å²) in [4.78, 5) is 34.9. The summed E-state index contributed by atoms with van der Waals surface area (Å²) in [6, 6.07) is 27.1. The lowest BCUT2D eigenvalue weighted by molar-refractivity contribution is -0.129. The van der Waals surface area contributed by atoms with Crippen LogP contribution in [0.2, 0.25) is 0 Å². The number of phenolic OH excluding ortho intramolecular Hbond substituents is 1. The number of halogens is 1. The molecule has 1 atom stereocenters. The number of anilines is 1. The van der Waals surface area contributed by atoms with E-state index in [1.165, 1.54) is 18.2 Å². The molecule has 0 unspecified atom stereocenters. The quantitative estimate of drug-likeness (QED) is 0.266. The van der Waals surface area contributed by atoms with Gasteiger partial charge in [-0.1, -0.05) is 42.5 Å². The van der Waals surface area contributed by atoms with Crippen LogP contribution in [0.15, 0.2) is 91.0 Å². The van der Waals surface area contributed by atoms with Crippen LogP contribution in [0.3, 0.4) is 0 Å². The minimum atomic E-state index is -0.714. The van der Waals surface area contributed by atoms with Crippen molar-refractivity contribution in [3.63, 3.8) is 0 Å². The van der Waals surface area contributed by atoms with Crippen molar-refractivity contribution in [1.29, 1.82) is 0 Å². The topological polar surface area (TPSA) is 79.9 Å². The molecular formula is C35H31FN4O3. The standard InChI is InChI=1S/C35H31FN4O3/c1-22(41)38-14-16-39(17-15-38)28-11-8-23(9-12-28)24-6-7-26-21-40(35(43)29(26)18-24)34(30-20-27(36)10-13-33(30)42)32-19-25-4-2-3-5-31(25)37-32/h2-13,18-20,34,37,42H,14-17,21H2,1H3/t34-/m1/s1. The first-order chi connectivity index (χ1) is 20.9. The second kappa shape index (κ2) is 10.6. The molecule has 7 nitrogen and oxygen atoms in total. The maximum absolute atomic E-state index is 14.5. The van der Waals surface area contributed by atoms with Gasteiger partial charge < -0.3 is 24.8 Å². The number of hydrogen-bond donors (Lipinski definition) is 2. The first kappa shape index (κ1) is 26.8. The number of piperazine rings is 1. The molecule has 7 rings (SSSR count). The predicted molar refractivity (Wildman–Crippen MR) is 164 cm³/mol. The second-order valence-electron chi connectivity index (χ2n) is 11.3. The number of fused-ring (bicyclic) bond motifs is 2. The van der Waals surface area contributed by atoms with Gasteiger partial charge >= 0.3 is 0 Å². The molecule has 4 aromatic carbocycles. The summed E-state index contributed by atoms with van der Waals surface area (Å²) in [6.45, 7) is 4.95. The van der Waals surface area contributed by atoms with Crippen molar-refractivity contribution in [3.05, 3.63) is 119 Å². The molecule has 2 aliphatic rings. The highest BCUT2D eigenvalue weighted by Gasteiger charge is 2.37. The van der Waals surface area contributed by atoms with Gasteiger partial charge in [0.15, 0.2) is 0 Å². The average molecular weight is 575 g/mol. The van der Waals surface area contributed by atoms with Crippen molar-refractivity contribution >= 4 is 28.4 Å². The number of amides is 2. The molecule has 0 radical (unpaired) electrons. The lowest BCUT2D eigenvalue weighted by Crippen LogP contribution is -2.48. The van der Waals surface area contributed by atoms with E-state index in [1.54, 1.807) is 11.8 Å². The number of rotatable bonds is 5. The molecule has 2 amide bonds. The van der Waals surface area contributed by atoms with Crippen LogP contribution in [0.5, 0.6) is 5.75 Å². The summed E-state index contributed by atoms with van der Waals surface area (Å²) in [6.07, 6.45) is 0. The Kier molecular flexibility index (Phi) is 6.61. The van der Waals surface area contributed by atoms with E-state index >= 15 is 0 Å². The number of H-pyrrole nitrogens is 1. The molecular weight excluding hydrogens is 543 g/mol. The highest BCUT2D eigenvalue weighted by atomic mass is 19.1. The van der Waals surface area contributed by atoms with Crippen LogP contribution >= 0.6 is 0 Å². The van der Waals surface area contributed by atoms with E-state index in [2.05, 4.69) is 34.1 Å². The van der Waals surface area contributed by atoms with Crippen molar-refractivity contribution in [1.82, 2.24) is 14.8 Å². The number of hydrogen-bond acceptors (Lipinski definition) is 4. The Morgan fingerprint density at radius 2 is 1.63 bits per heavy atom. The fourth-order valence-electron chi connectivity index (χ4n) is 6.35. The molecule has 0 bridgehead atoms. The molecule has 0 saturated carbocycles. The number of carbonyl (C=O) groups excluding carboxylic acids is 2. The minimum Gasteiger partial charge on any atom is -0.508 e. The summed E-state index contributed by atoms with van der Waals surface area (Å²) in [7, 11) is 0. The molecule has 1 saturated heterocycles. The van der Waals surface area contributed by atoms with E-state index in [0.717, 1.165) is 46.4 Å². The van der Waals surface area contributed by atoms with Gasteiger partial charge in [0.05, 0.1) is 0 Å². The van der Waals surface area contributed by atoms with Crippen LogP contribution in [0.4, 0.5) is 10.1 Å². The molecule has 1 aromatic heterocycles. The van der Waals surface area contributed by atoms with Crippen molar-refractivity contribution in [2.24, 2.45) is 0 Å². The molecule has 3 heterocycles. The Morgan fingerprint density at radius 1 is 0.884 bits per heavy atom. The van der Waals surface area contributed by atoms with Gasteiger partial charge in [-0.3, -0.25) is 9.59 Å². The van der Waals surface area contributed by atoms with E-state index in [9.17, 15) is 19.1 Å². The van der Waals surface area contributed by atoms with E-state index in [-0.39, 0.29) is 17.6 Å². The Morgan fingerprint density at radius 3 is 2.37 bits per heavy atom. The first-order valence-electron chi connectivity index (χ1n) is 14.5. The summed E-state index contributed by atoms with van der Waals surface area (Å²) in [5.41, 5.74) is 6.42. The molecule has 43 heavy (non-hydrogen) atoms. The summed E-state index contributed by atoms with van der Waals surface area (Å²) >= 11 is 0. The van der Waals surface area contributed by atoms with Crippen LogP contribution in [0.1, 0.15) is 40.1 Å². The number of phenols is 1. The third-order valence-electron chi connectivity index (χ3n) is 8.67. The average Bonchev–Trinajstić information content (AvgIpc) is 3.60. The second-order valence-corrected chi connectivity index (χ2v) is 11.3. The van der Waals surface area contributed by atoms with E-state index < -0.39 is 11.9 Å². The number of nitrogens with zero attached hydrogens (tertiary/aromatic N) is 3. The maximum atomic E-state index is 14.5. The molecule has 2 N–H and O–H groups in total. The molecule has 216 valence electrons. The number of benzene rings is 4. The fourth-order valence-corrected chi connectivity index (χ4v) is 6.35. The summed E-state index contributed by atoms with van der Waals surface area (Å²) in [5, 5.41) is 11.8. The number of aromatic hydroxyl groups is 1. The molecule has 0 aliphatic carbocycles. The minimum absolute atomic E-state index is 0.0719. The van der Waals surface area contributed by atoms with E-state index in [1.807, 2.05) is 53.4 Å². The summed E-state index contributed by atoms with van der Waals surface area (Å²) < 4.78 is 14.5. The first-order valence-corrected chi connectivity index (χ1v) is 14.5. The smallest absolute Gasteiger partial charge is 0.255 e. The molecule has 1 fully saturated rings. The Bertz CT molecular complexity index is 1820. The largest absolute Gasteiger partial charge is 0.508 e. The normalized spacial score (nSPS) is 15.7. The number of aromatic amines is 1. The molecule has 8 heteroatoms. The highest BCUT2D eigenvalue weighted by molar-refractivity contribution is 6.00. The van der Waals surface area contributed by atoms with Gasteiger partial charge in [-0.05, 0) is 70.6 Å². The Hall–Kier alpha value is -5.11. The monoisotopic (exact) mass is 574 g/mol. The van der Waals surface area contributed by atoms with Crippen LogP contribution in [0.25, 0.3) is 22.0 Å². The predicted octanol–water partition coefficient (Wildman–Crippen LogP) is 6.09. The van der Waals surface area contributed by atoms with Gasteiger partial charge in [-0.2, -0.15) is 0 Å². The lowest BCUT2D eigenvalue weighted by atomic mass is 10.00. The fraction of sp³-hybridized carbons (Fsp3) is 0.200. The zero-order chi connectivity index (χ0) is 29.7. The number of nitrogens with one attached hydrogen (secondary N) is 1. The zero-order valence-corrected chi connectivity index (χ0v) is 23.8. The highest BCUT2D eigenvalue weighted by Crippen LogP contribution is 2.41. The van der Waals surface area contributed by atoms with Crippen molar-refractivity contribution in [3.8, 4) is 16.9 Å². The number of carbonyl (C=O) groups is 2. The number of aromatic nitrogens is 1. The summed E-state index contributed by atoms with van der Waals surface area (Å²) in [5.74, 6) is -0.619. The van der Waals surface area contributed by atoms with Crippen molar-refractivity contribution in [2.45, 2.75) is 19.5 Å². The van der Waals surface area contributed by atoms with Gasteiger partial charge in [-0.25, -0.2) is 4.39 Å². The van der Waals surface area contributed by atoms with Crippen LogP contribution in [-0.2, 0) is 11.3 Å². The van der Waals surface area contributed by atoms with Gasteiger partial charge in [-0.15, -0.1) is 0 Å². The van der Waals surface area contributed by atoms with Crippen LogP contribution < -0.4 is 4.90 Å². The number of para-hydroxylation sites is 1. The van der Waals surface area contributed by atoms with Gasteiger partial charge in [0.1, 0.15) is 17.6 Å². The maximum Gasteiger partial charge on any atom is 0.255 e. The van der Waals surface area contributed by atoms with Crippen LogP contribution in [-0.4, -0.2) is 57.9 Å². The van der Waals surface area contributed by atoms with E-state index in [4.69, 9.17) is 0 Å².